The molecule has 0 amide bonds. The lowest BCUT2D eigenvalue weighted by molar-refractivity contribution is 0.0352. The first kappa shape index (κ1) is 23.0. The number of para-hydroxylation sites is 1. The van der Waals surface area contributed by atoms with Gasteiger partial charge in [0.15, 0.2) is 0 Å². The molecule has 1 aromatic rings. The molecule has 0 fully saturated rings. The molecule has 0 spiro atoms. The minimum absolute atomic E-state index is 0.586. The van der Waals surface area contributed by atoms with Crippen LogP contribution in [0.2, 0.25) is 0 Å². The van der Waals surface area contributed by atoms with Crippen molar-refractivity contribution in [3.8, 4) is 5.75 Å². The van der Waals surface area contributed by atoms with Gasteiger partial charge in [0.05, 0.1) is 19.8 Å². The van der Waals surface area contributed by atoms with Crippen molar-refractivity contribution in [2.75, 3.05) is 33.0 Å². The summed E-state index contributed by atoms with van der Waals surface area (Å²) in [5.74, 6) is 0.892. The quantitative estimate of drug-likeness (QED) is 0.265. The van der Waals surface area contributed by atoms with Gasteiger partial charge >= 0.3 is 0 Å². The molecule has 0 atom stereocenters. The van der Waals surface area contributed by atoms with E-state index in [1.807, 2.05) is 30.3 Å². The van der Waals surface area contributed by atoms with Gasteiger partial charge in [0.1, 0.15) is 12.4 Å². The average molecular weight is 365 g/mol. The topological polar surface area (TPSA) is 27.7 Å². The van der Waals surface area contributed by atoms with Crippen LogP contribution in [0.4, 0.5) is 0 Å². The van der Waals surface area contributed by atoms with Gasteiger partial charge in [-0.3, -0.25) is 0 Å². The third-order valence-corrected chi connectivity index (χ3v) is 4.50. The van der Waals surface area contributed by atoms with E-state index in [-0.39, 0.29) is 0 Å². The SMILES string of the molecule is CCCCCCCCCCCCCOCCOCCOc1ccccc1. The molecule has 0 N–H and O–H groups in total. The molecular weight excluding hydrogens is 324 g/mol. The van der Waals surface area contributed by atoms with Gasteiger partial charge in [0.25, 0.3) is 0 Å². The van der Waals surface area contributed by atoms with Crippen LogP contribution in [0.1, 0.15) is 77.6 Å². The van der Waals surface area contributed by atoms with Crippen LogP contribution < -0.4 is 4.74 Å². The molecule has 26 heavy (non-hydrogen) atoms. The highest BCUT2D eigenvalue weighted by Gasteiger charge is 1.95. The van der Waals surface area contributed by atoms with Gasteiger partial charge in [-0.25, -0.2) is 0 Å². The number of unbranched alkanes of at least 4 members (excludes halogenated alkanes) is 10. The van der Waals surface area contributed by atoms with Gasteiger partial charge in [-0.15, -0.1) is 0 Å². The fourth-order valence-corrected chi connectivity index (χ4v) is 2.93. The zero-order valence-corrected chi connectivity index (χ0v) is 16.9. The van der Waals surface area contributed by atoms with Crippen molar-refractivity contribution in [3.05, 3.63) is 30.3 Å². The van der Waals surface area contributed by atoms with Gasteiger partial charge < -0.3 is 14.2 Å². The molecule has 0 unspecified atom stereocenters. The maximum atomic E-state index is 5.62. The molecule has 1 aromatic carbocycles. The highest BCUT2D eigenvalue weighted by Crippen LogP contribution is 2.11. The minimum Gasteiger partial charge on any atom is -0.491 e. The molecule has 0 saturated carbocycles. The summed E-state index contributed by atoms with van der Waals surface area (Å²) in [7, 11) is 0. The molecule has 0 bridgehead atoms. The first-order valence-electron chi connectivity index (χ1n) is 10.8. The Balaban J connectivity index is 1.68. The van der Waals surface area contributed by atoms with Crippen LogP contribution in [0.5, 0.6) is 5.75 Å². The Morgan fingerprint density at radius 1 is 0.538 bits per heavy atom. The summed E-state index contributed by atoms with van der Waals surface area (Å²) in [5, 5.41) is 0. The van der Waals surface area contributed by atoms with Crippen LogP contribution in [0.25, 0.3) is 0 Å². The lowest BCUT2D eigenvalue weighted by Crippen LogP contribution is -2.11. The zero-order chi connectivity index (χ0) is 18.5. The molecule has 3 heteroatoms. The molecule has 0 saturated heterocycles. The summed E-state index contributed by atoms with van der Waals surface area (Å²) in [4.78, 5) is 0. The molecule has 0 radical (unpaired) electrons. The number of hydrogen-bond donors (Lipinski definition) is 0. The Labute approximate surface area is 161 Å². The Bertz CT molecular complexity index is 380. The first-order chi connectivity index (χ1) is 12.9. The number of benzene rings is 1. The summed E-state index contributed by atoms with van der Waals surface area (Å²) in [6.07, 6.45) is 15.1. The molecular formula is C23H40O3. The molecule has 0 aromatic heterocycles. The standard InChI is InChI=1S/C23H40O3/c1-2-3-4-5-6-7-8-9-10-11-15-18-24-19-20-25-21-22-26-23-16-13-12-14-17-23/h12-14,16-17H,2-11,15,18-22H2,1H3. The van der Waals surface area contributed by atoms with Crippen molar-refractivity contribution in [1.29, 1.82) is 0 Å². The molecule has 0 aliphatic heterocycles. The van der Waals surface area contributed by atoms with Crippen molar-refractivity contribution in [1.82, 2.24) is 0 Å². The van der Waals surface area contributed by atoms with E-state index < -0.39 is 0 Å². The van der Waals surface area contributed by atoms with Gasteiger partial charge in [-0.2, -0.15) is 0 Å². The lowest BCUT2D eigenvalue weighted by Gasteiger charge is -2.07. The second kappa shape index (κ2) is 18.7. The number of rotatable bonds is 19. The van der Waals surface area contributed by atoms with E-state index in [1.54, 1.807) is 0 Å². The van der Waals surface area contributed by atoms with Gasteiger partial charge in [0.2, 0.25) is 0 Å². The number of hydrogen-bond acceptors (Lipinski definition) is 3. The predicted molar refractivity (Wildman–Crippen MR) is 110 cm³/mol. The second-order valence-corrected chi connectivity index (χ2v) is 6.92. The van der Waals surface area contributed by atoms with Crippen molar-refractivity contribution in [3.63, 3.8) is 0 Å². The normalized spacial score (nSPS) is 11.0. The highest BCUT2D eigenvalue weighted by molar-refractivity contribution is 5.20. The third kappa shape index (κ3) is 15.2. The monoisotopic (exact) mass is 364 g/mol. The van der Waals surface area contributed by atoms with Crippen LogP contribution in [0.15, 0.2) is 30.3 Å². The second-order valence-electron chi connectivity index (χ2n) is 6.92. The average Bonchev–Trinajstić information content (AvgIpc) is 2.68. The van der Waals surface area contributed by atoms with E-state index in [2.05, 4.69) is 6.92 Å². The predicted octanol–water partition coefficient (Wildman–Crippen LogP) is 6.41. The van der Waals surface area contributed by atoms with Crippen LogP contribution in [0, 0.1) is 0 Å². The fourth-order valence-electron chi connectivity index (χ4n) is 2.93. The lowest BCUT2D eigenvalue weighted by atomic mass is 10.1. The Morgan fingerprint density at radius 2 is 1.04 bits per heavy atom. The minimum atomic E-state index is 0.586. The van der Waals surface area contributed by atoms with E-state index in [4.69, 9.17) is 14.2 Å². The smallest absolute Gasteiger partial charge is 0.119 e. The zero-order valence-electron chi connectivity index (χ0n) is 16.9. The summed E-state index contributed by atoms with van der Waals surface area (Å²) >= 11 is 0. The van der Waals surface area contributed by atoms with Gasteiger partial charge in [0, 0.05) is 6.61 Å². The van der Waals surface area contributed by atoms with Crippen LogP contribution in [-0.2, 0) is 9.47 Å². The van der Waals surface area contributed by atoms with E-state index in [0.29, 0.717) is 26.4 Å². The Hall–Kier alpha value is -1.06. The van der Waals surface area contributed by atoms with Crippen LogP contribution in [-0.4, -0.2) is 33.0 Å². The van der Waals surface area contributed by atoms with E-state index in [1.165, 1.54) is 70.6 Å². The molecule has 0 aliphatic carbocycles. The van der Waals surface area contributed by atoms with Crippen molar-refractivity contribution in [2.24, 2.45) is 0 Å². The van der Waals surface area contributed by atoms with E-state index in [0.717, 1.165) is 12.4 Å². The molecule has 1 rings (SSSR count). The van der Waals surface area contributed by atoms with E-state index >= 15 is 0 Å². The van der Waals surface area contributed by atoms with Gasteiger partial charge in [-0.05, 0) is 18.6 Å². The molecule has 0 aliphatic rings. The van der Waals surface area contributed by atoms with Crippen molar-refractivity contribution < 1.29 is 14.2 Å². The first-order valence-corrected chi connectivity index (χ1v) is 10.8. The maximum Gasteiger partial charge on any atom is 0.119 e. The molecule has 0 heterocycles. The van der Waals surface area contributed by atoms with Crippen molar-refractivity contribution >= 4 is 0 Å². The summed E-state index contributed by atoms with van der Waals surface area (Å²) in [6.45, 7) is 5.67. The van der Waals surface area contributed by atoms with E-state index in [9.17, 15) is 0 Å². The Kier molecular flexibility index (Phi) is 16.5. The van der Waals surface area contributed by atoms with Crippen molar-refractivity contribution in [2.45, 2.75) is 77.6 Å². The third-order valence-electron chi connectivity index (χ3n) is 4.50. The molecule has 3 nitrogen and oxygen atoms in total. The maximum absolute atomic E-state index is 5.62. The fraction of sp³-hybridized carbons (Fsp3) is 0.739. The Morgan fingerprint density at radius 3 is 1.65 bits per heavy atom. The van der Waals surface area contributed by atoms with Crippen LogP contribution >= 0.6 is 0 Å². The van der Waals surface area contributed by atoms with Crippen LogP contribution in [0.3, 0.4) is 0 Å². The summed E-state index contributed by atoms with van der Waals surface area (Å²) in [6, 6.07) is 9.83. The summed E-state index contributed by atoms with van der Waals surface area (Å²) in [5.41, 5.74) is 0. The van der Waals surface area contributed by atoms with Gasteiger partial charge in [-0.1, -0.05) is 89.3 Å². The largest absolute Gasteiger partial charge is 0.491 e. The highest BCUT2D eigenvalue weighted by atomic mass is 16.5. The number of ether oxygens (including phenoxy) is 3. The molecule has 150 valence electrons. The summed E-state index contributed by atoms with van der Waals surface area (Å²) < 4.78 is 16.7.